The second-order valence-corrected chi connectivity index (χ2v) is 5.09. The molecule has 0 bridgehead atoms. The summed E-state index contributed by atoms with van der Waals surface area (Å²) in [6, 6.07) is 6.19. The molecule has 0 radical (unpaired) electrons. The van der Waals surface area contributed by atoms with E-state index in [1.807, 2.05) is 18.2 Å². The summed E-state index contributed by atoms with van der Waals surface area (Å²) < 4.78 is 5.73. The second-order valence-electron chi connectivity index (χ2n) is 5.09. The van der Waals surface area contributed by atoms with Crippen molar-refractivity contribution < 1.29 is 4.42 Å². The van der Waals surface area contributed by atoms with E-state index < -0.39 is 0 Å². The van der Waals surface area contributed by atoms with Crippen molar-refractivity contribution in [1.29, 1.82) is 0 Å². The molecular weight excluding hydrogens is 266 g/mol. The molecule has 0 aliphatic rings. The van der Waals surface area contributed by atoms with Gasteiger partial charge in [-0.2, -0.15) is 0 Å². The number of rotatable bonds is 5. The molecule has 0 aliphatic carbocycles. The maximum Gasteiger partial charge on any atom is 0.249 e. The lowest BCUT2D eigenvalue weighted by atomic mass is 10.2. The molecule has 0 spiro atoms. The Hall–Kier alpha value is -2.34. The molecule has 0 fully saturated rings. The molecule has 0 unspecified atom stereocenters. The number of fused-ring (bicyclic) bond motifs is 1. The third-order valence-corrected chi connectivity index (χ3v) is 3.09. The lowest BCUT2D eigenvalue weighted by Crippen LogP contribution is -2.25. The van der Waals surface area contributed by atoms with Gasteiger partial charge in [-0.25, -0.2) is 0 Å². The number of nitrogens with one attached hydrogen (secondary N) is 1. The van der Waals surface area contributed by atoms with Gasteiger partial charge in [0.1, 0.15) is 5.52 Å². The Balaban J connectivity index is 1.85. The average Bonchev–Trinajstić information content (AvgIpc) is 2.95. The highest BCUT2D eigenvalue weighted by atomic mass is 16.4. The molecule has 0 aliphatic heterocycles. The van der Waals surface area contributed by atoms with Crippen molar-refractivity contribution in [3.63, 3.8) is 0 Å². The minimum Gasteiger partial charge on any atom is -0.421 e. The third kappa shape index (κ3) is 3.05. The predicted octanol–water partition coefficient (Wildman–Crippen LogP) is 2.22. The van der Waals surface area contributed by atoms with E-state index >= 15 is 0 Å². The smallest absolute Gasteiger partial charge is 0.249 e. The number of aromatic nitrogens is 4. The molecule has 6 heteroatoms. The number of hydrogen-bond acceptors (Lipinski definition) is 6. The van der Waals surface area contributed by atoms with Gasteiger partial charge in [-0.3, -0.25) is 9.97 Å². The van der Waals surface area contributed by atoms with Crippen molar-refractivity contribution in [2.24, 2.45) is 0 Å². The normalized spacial score (nSPS) is 11.4. The zero-order valence-electron chi connectivity index (χ0n) is 12.1. The first kappa shape index (κ1) is 13.6. The lowest BCUT2D eigenvalue weighted by Gasteiger charge is -2.04. The Morgan fingerprint density at radius 2 is 2.00 bits per heavy atom. The fourth-order valence-corrected chi connectivity index (χ4v) is 2.10. The van der Waals surface area contributed by atoms with Crippen molar-refractivity contribution in [3.8, 4) is 11.5 Å². The first-order chi connectivity index (χ1) is 10.2. The first-order valence-electron chi connectivity index (χ1n) is 7.00. The van der Waals surface area contributed by atoms with Gasteiger partial charge in [-0.1, -0.05) is 19.9 Å². The fourth-order valence-electron chi connectivity index (χ4n) is 2.10. The Labute approximate surface area is 122 Å². The van der Waals surface area contributed by atoms with Crippen LogP contribution in [0.3, 0.4) is 0 Å². The van der Waals surface area contributed by atoms with Crippen LogP contribution in [-0.4, -0.2) is 32.8 Å². The Kier molecular flexibility index (Phi) is 3.87. The van der Waals surface area contributed by atoms with Crippen LogP contribution in [0.2, 0.25) is 0 Å². The largest absolute Gasteiger partial charge is 0.421 e. The van der Waals surface area contributed by atoms with E-state index in [2.05, 4.69) is 39.3 Å². The maximum atomic E-state index is 5.73. The minimum atomic E-state index is 0.445. The highest BCUT2D eigenvalue weighted by Crippen LogP contribution is 2.24. The topological polar surface area (TPSA) is 76.7 Å². The highest BCUT2D eigenvalue weighted by molar-refractivity contribution is 5.88. The summed E-state index contributed by atoms with van der Waals surface area (Å²) in [7, 11) is 0. The van der Waals surface area contributed by atoms with E-state index in [0.29, 0.717) is 24.2 Å². The molecule has 3 aromatic rings. The van der Waals surface area contributed by atoms with Gasteiger partial charge in [0, 0.05) is 31.4 Å². The summed E-state index contributed by atoms with van der Waals surface area (Å²) in [5.74, 6) is 1.11. The van der Waals surface area contributed by atoms with Crippen molar-refractivity contribution in [2.45, 2.75) is 26.3 Å². The molecule has 21 heavy (non-hydrogen) atoms. The van der Waals surface area contributed by atoms with E-state index in [4.69, 9.17) is 4.42 Å². The summed E-state index contributed by atoms with van der Waals surface area (Å²) in [6.07, 6.45) is 4.04. The van der Waals surface area contributed by atoms with Crippen molar-refractivity contribution in [1.82, 2.24) is 25.5 Å². The summed E-state index contributed by atoms with van der Waals surface area (Å²) in [5.41, 5.74) is 2.41. The summed E-state index contributed by atoms with van der Waals surface area (Å²) >= 11 is 0. The maximum absolute atomic E-state index is 5.73. The third-order valence-electron chi connectivity index (χ3n) is 3.09. The van der Waals surface area contributed by atoms with Gasteiger partial charge in [0.15, 0.2) is 0 Å². The van der Waals surface area contributed by atoms with E-state index in [9.17, 15) is 0 Å². The Morgan fingerprint density at radius 3 is 2.86 bits per heavy atom. The fraction of sp³-hybridized carbons (Fsp3) is 0.333. The zero-order valence-corrected chi connectivity index (χ0v) is 12.1. The molecule has 3 rings (SSSR count). The van der Waals surface area contributed by atoms with E-state index in [-0.39, 0.29) is 0 Å². The Bertz CT molecular complexity index is 732. The van der Waals surface area contributed by atoms with Crippen molar-refractivity contribution in [2.75, 3.05) is 6.54 Å². The zero-order chi connectivity index (χ0) is 14.7. The van der Waals surface area contributed by atoms with E-state index in [1.54, 1.807) is 12.4 Å². The van der Waals surface area contributed by atoms with Crippen molar-refractivity contribution >= 4 is 11.0 Å². The van der Waals surface area contributed by atoms with Crippen LogP contribution in [0.4, 0.5) is 0 Å². The van der Waals surface area contributed by atoms with Gasteiger partial charge in [0.25, 0.3) is 0 Å². The van der Waals surface area contributed by atoms with E-state index in [1.165, 1.54) is 0 Å². The van der Waals surface area contributed by atoms with Gasteiger partial charge in [-0.05, 0) is 12.1 Å². The molecule has 0 saturated heterocycles. The van der Waals surface area contributed by atoms with Crippen LogP contribution in [0.5, 0.6) is 0 Å². The molecule has 6 nitrogen and oxygen atoms in total. The number of benzene rings is 1. The van der Waals surface area contributed by atoms with Crippen LogP contribution in [0.1, 0.15) is 19.7 Å². The minimum absolute atomic E-state index is 0.445. The molecular formula is C15H17N5O. The van der Waals surface area contributed by atoms with Crippen LogP contribution < -0.4 is 5.32 Å². The number of nitrogens with zero attached hydrogens (tertiary/aromatic N) is 4. The lowest BCUT2D eigenvalue weighted by molar-refractivity contribution is 0.484. The molecule has 1 N–H and O–H groups in total. The number of hydrogen-bond donors (Lipinski definition) is 1. The van der Waals surface area contributed by atoms with Gasteiger partial charge in [0.05, 0.1) is 11.1 Å². The Morgan fingerprint density at radius 1 is 1.14 bits per heavy atom. The van der Waals surface area contributed by atoms with Crippen LogP contribution >= 0.6 is 0 Å². The molecule has 2 aromatic heterocycles. The number of para-hydroxylation sites is 1. The molecule has 0 saturated carbocycles. The molecule has 108 valence electrons. The van der Waals surface area contributed by atoms with Gasteiger partial charge in [0.2, 0.25) is 11.8 Å². The van der Waals surface area contributed by atoms with Crippen LogP contribution in [0, 0.1) is 0 Å². The summed E-state index contributed by atoms with van der Waals surface area (Å²) in [4.78, 5) is 8.63. The second kappa shape index (κ2) is 5.97. The monoisotopic (exact) mass is 283 g/mol. The van der Waals surface area contributed by atoms with Gasteiger partial charge < -0.3 is 9.73 Å². The standard InChI is InChI=1S/C15H17N5O/c1-10(2)16-7-6-13-19-20-15(21-13)11-4-3-5-12-14(11)18-9-8-17-12/h3-5,8-10,16H,6-7H2,1-2H3. The SMILES string of the molecule is CC(C)NCCc1nnc(-c2cccc3nccnc23)o1. The van der Waals surface area contributed by atoms with Gasteiger partial charge in [-0.15, -0.1) is 10.2 Å². The summed E-state index contributed by atoms with van der Waals surface area (Å²) in [5, 5.41) is 11.5. The van der Waals surface area contributed by atoms with E-state index in [0.717, 1.165) is 23.1 Å². The van der Waals surface area contributed by atoms with Crippen LogP contribution in [0.25, 0.3) is 22.5 Å². The summed E-state index contributed by atoms with van der Waals surface area (Å²) in [6.45, 7) is 5.02. The van der Waals surface area contributed by atoms with Gasteiger partial charge >= 0.3 is 0 Å². The van der Waals surface area contributed by atoms with Crippen LogP contribution in [0.15, 0.2) is 35.0 Å². The average molecular weight is 283 g/mol. The molecule has 1 aromatic carbocycles. The first-order valence-corrected chi connectivity index (χ1v) is 7.00. The highest BCUT2D eigenvalue weighted by Gasteiger charge is 2.12. The molecule has 0 atom stereocenters. The molecule has 2 heterocycles. The molecule has 0 amide bonds. The predicted molar refractivity (Wildman–Crippen MR) is 79.7 cm³/mol. The van der Waals surface area contributed by atoms with Crippen molar-refractivity contribution in [3.05, 3.63) is 36.5 Å². The van der Waals surface area contributed by atoms with Crippen LogP contribution in [-0.2, 0) is 6.42 Å². The quantitative estimate of drug-likeness (QED) is 0.773.